The molecule has 1 aromatic carbocycles. The molecule has 0 saturated carbocycles. The summed E-state index contributed by atoms with van der Waals surface area (Å²) >= 11 is 0. The van der Waals surface area contributed by atoms with E-state index in [1.165, 1.54) is 18.4 Å². The Hall–Kier alpha value is -1.90. The van der Waals surface area contributed by atoms with Gasteiger partial charge in [-0.05, 0) is 42.7 Å². The van der Waals surface area contributed by atoms with E-state index in [0.29, 0.717) is 5.56 Å². The second kappa shape index (κ2) is 5.83. The monoisotopic (exact) mass is 257 g/mol. The minimum Gasteiger partial charge on any atom is -0.465 e. The van der Waals surface area contributed by atoms with E-state index in [1.54, 1.807) is 6.07 Å². The van der Waals surface area contributed by atoms with Gasteiger partial charge in [-0.15, -0.1) is 0 Å². The van der Waals surface area contributed by atoms with Crippen LogP contribution in [-0.4, -0.2) is 18.1 Å². The Labute approximate surface area is 113 Å². The number of esters is 1. The largest absolute Gasteiger partial charge is 0.465 e. The SMILES string of the molecule is CCCc1nc2ccc(C(=O)OC)cc2cc1CC. The van der Waals surface area contributed by atoms with E-state index in [1.807, 2.05) is 12.1 Å². The quantitative estimate of drug-likeness (QED) is 0.786. The average Bonchev–Trinajstić information content (AvgIpc) is 2.45. The van der Waals surface area contributed by atoms with Crippen LogP contribution < -0.4 is 0 Å². The Balaban J connectivity index is 2.54. The normalized spacial score (nSPS) is 10.7. The summed E-state index contributed by atoms with van der Waals surface area (Å²) in [5.74, 6) is -0.308. The lowest BCUT2D eigenvalue weighted by atomic mass is 10.0. The molecule has 2 aromatic rings. The Kier molecular flexibility index (Phi) is 4.15. The standard InChI is InChI=1S/C16H19NO2/c1-4-6-14-11(5-2)9-13-10-12(16(18)19-3)7-8-15(13)17-14/h7-10H,4-6H2,1-3H3. The second-order valence-corrected chi connectivity index (χ2v) is 4.60. The van der Waals surface area contributed by atoms with Crippen molar-refractivity contribution in [2.24, 2.45) is 0 Å². The van der Waals surface area contributed by atoms with Crippen molar-refractivity contribution in [3.63, 3.8) is 0 Å². The minimum absolute atomic E-state index is 0.308. The predicted molar refractivity (Wildman–Crippen MR) is 76.5 cm³/mol. The molecule has 0 saturated heterocycles. The van der Waals surface area contributed by atoms with Gasteiger partial charge in [0.15, 0.2) is 0 Å². The van der Waals surface area contributed by atoms with Crippen molar-refractivity contribution in [3.05, 3.63) is 41.1 Å². The number of carbonyl (C=O) groups is 1. The summed E-state index contributed by atoms with van der Waals surface area (Å²) < 4.78 is 4.74. The molecule has 0 aliphatic rings. The van der Waals surface area contributed by atoms with E-state index >= 15 is 0 Å². The number of hydrogen-bond acceptors (Lipinski definition) is 3. The van der Waals surface area contributed by atoms with Gasteiger partial charge in [0.2, 0.25) is 0 Å². The van der Waals surface area contributed by atoms with Crippen molar-refractivity contribution in [1.82, 2.24) is 4.98 Å². The Morgan fingerprint density at radius 2 is 2.05 bits per heavy atom. The molecule has 0 bridgehead atoms. The molecule has 0 aliphatic heterocycles. The number of benzene rings is 1. The third-order valence-corrected chi connectivity index (χ3v) is 3.27. The zero-order valence-electron chi connectivity index (χ0n) is 11.7. The molecule has 0 radical (unpaired) electrons. The molecular formula is C16H19NO2. The maximum absolute atomic E-state index is 11.5. The second-order valence-electron chi connectivity index (χ2n) is 4.60. The lowest BCUT2D eigenvalue weighted by molar-refractivity contribution is 0.0601. The molecule has 0 atom stereocenters. The van der Waals surface area contributed by atoms with Crippen molar-refractivity contribution >= 4 is 16.9 Å². The Bertz CT molecular complexity index is 605. The molecule has 0 spiro atoms. The molecule has 2 rings (SSSR count). The van der Waals surface area contributed by atoms with E-state index in [2.05, 4.69) is 19.9 Å². The van der Waals surface area contributed by atoms with Gasteiger partial charge in [0.05, 0.1) is 18.2 Å². The Morgan fingerprint density at radius 1 is 1.26 bits per heavy atom. The lowest BCUT2D eigenvalue weighted by Crippen LogP contribution is -2.02. The zero-order valence-corrected chi connectivity index (χ0v) is 11.7. The predicted octanol–water partition coefficient (Wildman–Crippen LogP) is 3.54. The third-order valence-electron chi connectivity index (χ3n) is 3.27. The van der Waals surface area contributed by atoms with E-state index in [9.17, 15) is 4.79 Å². The van der Waals surface area contributed by atoms with Gasteiger partial charge < -0.3 is 4.74 Å². The van der Waals surface area contributed by atoms with Gasteiger partial charge in [-0.25, -0.2) is 4.79 Å². The lowest BCUT2D eigenvalue weighted by Gasteiger charge is -2.09. The number of aromatic nitrogens is 1. The highest BCUT2D eigenvalue weighted by Gasteiger charge is 2.09. The number of carbonyl (C=O) groups excluding carboxylic acids is 1. The van der Waals surface area contributed by atoms with E-state index in [-0.39, 0.29) is 5.97 Å². The summed E-state index contributed by atoms with van der Waals surface area (Å²) in [6.45, 7) is 4.29. The number of ether oxygens (including phenoxy) is 1. The molecule has 0 N–H and O–H groups in total. The number of rotatable bonds is 4. The maximum atomic E-state index is 11.5. The molecule has 1 aromatic heterocycles. The van der Waals surface area contributed by atoms with E-state index < -0.39 is 0 Å². The first-order valence-corrected chi connectivity index (χ1v) is 6.70. The van der Waals surface area contributed by atoms with Crippen LogP contribution in [0.4, 0.5) is 0 Å². The van der Waals surface area contributed by atoms with Crippen LogP contribution in [0.5, 0.6) is 0 Å². The van der Waals surface area contributed by atoms with Crippen LogP contribution in [0.2, 0.25) is 0 Å². The number of hydrogen-bond donors (Lipinski definition) is 0. The van der Waals surface area contributed by atoms with Gasteiger partial charge in [-0.3, -0.25) is 4.98 Å². The molecule has 1 heterocycles. The highest BCUT2D eigenvalue weighted by Crippen LogP contribution is 2.20. The van der Waals surface area contributed by atoms with Crippen LogP contribution in [0, 0.1) is 0 Å². The topological polar surface area (TPSA) is 39.2 Å². The van der Waals surface area contributed by atoms with Gasteiger partial charge in [0, 0.05) is 11.1 Å². The fourth-order valence-electron chi connectivity index (χ4n) is 2.26. The molecular weight excluding hydrogens is 238 g/mol. The summed E-state index contributed by atoms with van der Waals surface area (Å²) in [5.41, 5.74) is 3.94. The van der Waals surface area contributed by atoms with Gasteiger partial charge in [-0.1, -0.05) is 20.3 Å². The zero-order chi connectivity index (χ0) is 13.8. The van der Waals surface area contributed by atoms with Gasteiger partial charge in [0.25, 0.3) is 0 Å². The fourth-order valence-corrected chi connectivity index (χ4v) is 2.26. The minimum atomic E-state index is -0.308. The molecule has 0 fully saturated rings. The summed E-state index contributed by atoms with van der Waals surface area (Å²) in [6.07, 6.45) is 3.05. The van der Waals surface area contributed by atoms with Crippen LogP contribution >= 0.6 is 0 Å². The summed E-state index contributed by atoms with van der Waals surface area (Å²) in [4.78, 5) is 16.2. The van der Waals surface area contributed by atoms with Gasteiger partial charge in [-0.2, -0.15) is 0 Å². The molecule has 3 nitrogen and oxygen atoms in total. The van der Waals surface area contributed by atoms with Crippen molar-refractivity contribution in [2.45, 2.75) is 33.1 Å². The molecule has 0 aliphatic carbocycles. The number of aryl methyl sites for hydroxylation is 2. The van der Waals surface area contributed by atoms with Crippen LogP contribution in [0.25, 0.3) is 10.9 Å². The van der Waals surface area contributed by atoms with Crippen molar-refractivity contribution in [1.29, 1.82) is 0 Å². The highest BCUT2D eigenvalue weighted by molar-refractivity contribution is 5.94. The summed E-state index contributed by atoms with van der Waals surface area (Å²) in [6, 6.07) is 7.64. The summed E-state index contributed by atoms with van der Waals surface area (Å²) in [5, 5.41) is 1.000. The first-order valence-electron chi connectivity index (χ1n) is 6.70. The van der Waals surface area contributed by atoms with Crippen LogP contribution in [0.15, 0.2) is 24.3 Å². The fraction of sp³-hybridized carbons (Fsp3) is 0.375. The first-order chi connectivity index (χ1) is 9.19. The van der Waals surface area contributed by atoms with Crippen molar-refractivity contribution in [2.75, 3.05) is 7.11 Å². The maximum Gasteiger partial charge on any atom is 0.337 e. The van der Waals surface area contributed by atoms with Crippen LogP contribution in [0.1, 0.15) is 41.9 Å². The molecule has 0 amide bonds. The number of nitrogens with zero attached hydrogens (tertiary/aromatic N) is 1. The van der Waals surface area contributed by atoms with E-state index in [4.69, 9.17) is 9.72 Å². The molecule has 19 heavy (non-hydrogen) atoms. The molecule has 3 heteroatoms. The Morgan fingerprint density at radius 3 is 2.68 bits per heavy atom. The molecule has 100 valence electrons. The number of methoxy groups -OCH3 is 1. The van der Waals surface area contributed by atoms with Crippen molar-refractivity contribution in [3.8, 4) is 0 Å². The number of fused-ring (bicyclic) bond motifs is 1. The van der Waals surface area contributed by atoms with Crippen LogP contribution in [-0.2, 0) is 17.6 Å². The van der Waals surface area contributed by atoms with Crippen molar-refractivity contribution < 1.29 is 9.53 Å². The molecule has 0 unspecified atom stereocenters. The van der Waals surface area contributed by atoms with Crippen LogP contribution in [0.3, 0.4) is 0 Å². The average molecular weight is 257 g/mol. The smallest absolute Gasteiger partial charge is 0.337 e. The van der Waals surface area contributed by atoms with Gasteiger partial charge >= 0.3 is 5.97 Å². The number of pyridine rings is 1. The first kappa shape index (κ1) is 13.5. The highest BCUT2D eigenvalue weighted by atomic mass is 16.5. The summed E-state index contributed by atoms with van der Waals surface area (Å²) in [7, 11) is 1.40. The third kappa shape index (κ3) is 2.75. The van der Waals surface area contributed by atoms with E-state index in [0.717, 1.165) is 30.2 Å². The van der Waals surface area contributed by atoms with Gasteiger partial charge in [0.1, 0.15) is 0 Å².